The summed E-state index contributed by atoms with van der Waals surface area (Å²) in [7, 11) is 0. The average Bonchev–Trinajstić information content (AvgIpc) is 2.59. The maximum absolute atomic E-state index is 9.03. The lowest BCUT2D eigenvalue weighted by molar-refractivity contribution is 1.04. The molecular weight excluding hydrogens is 332 g/mol. The highest BCUT2D eigenvalue weighted by Crippen LogP contribution is 2.26. The first-order valence-electron chi connectivity index (χ1n) is 4.66. The zero-order chi connectivity index (χ0) is 11.7. The Bertz CT molecular complexity index is 579. The molecule has 0 aliphatic rings. The van der Waals surface area contributed by atoms with Gasteiger partial charge in [0.2, 0.25) is 0 Å². The lowest BCUT2D eigenvalue weighted by Gasteiger charge is -2.07. The molecule has 0 radical (unpaired) electrons. The van der Waals surface area contributed by atoms with Crippen LogP contribution in [0.4, 0.5) is 0 Å². The number of hydrogen-bond donors (Lipinski definition) is 0. The molecule has 0 spiro atoms. The minimum Gasteiger partial charge on any atom is -0.306 e. The first-order valence-corrected chi connectivity index (χ1v) is 6.25. The molecule has 1 aromatic heterocycles. The van der Waals surface area contributed by atoms with Crippen LogP contribution in [0.15, 0.2) is 39.4 Å². The summed E-state index contributed by atoms with van der Waals surface area (Å²) in [5.74, 6) is 0. The van der Waals surface area contributed by atoms with Gasteiger partial charge in [-0.25, -0.2) is 0 Å². The molecule has 2 nitrogen and oxygen atoms in total. The standard InChI is InChI=1S/C12H8Br2N2/c1-8-2-3-12(11(14)4-8)16-7-9(13)5-10(16)6-15/h2-5,7H,1H3. The van der Waals surface area contributed by atoms with Crippen LogP contribution >= 0.6 is 31.9 Å². The molecule has 0 unspecified atom stereocenters. The van der Waals surface area contributed by atoms with Crippen molar-refractivity contribution in [3.05, 3.63) is 50.7 Å². The first kappa shape index (κ1) is 11.4. The van der Waals surface area contributed by atoms with E-state index >= 15 is 0 Å². The second-order valence-corrected chi connectivity index (χ2v) is 5.25. The fraction of sp³-hybridized carbons (Fsp3) is 0.0833. The predicted octanol–water partition coefficient (Wildman–Crippen LogP) is 4.18. The van der Waals surface area contributed by atoms with E-state index in [1.165, 1.54) is 5.56 Å². The van der Waals surface area contributed by atoms with Gasteiger partial charge in [-0.3, -0.25) is 0 Å². The van der Waals surface area contributed by atoms with Gasteiger partial charge in [0.15, 0.2) is 0 Å². The highest BCUT2D eigenvalue weighted by molar-refractivity contribution is 9.10. The summed E-state index contributed by atoms with van der Waals surface area (Å²) in [5, 5.41) is 9.03. The Morgan fingerprint density at radius 3 is 2.62 bits per heavy atom. The van der Waals surface area contributed by atoms with Crippen LogP contribution in [0.5, 0.6) is 0 Å². The van der Waals surface area contributed by atoms with E-state index in [1.807, 2.05) is 35.9 Å². The molecule has 0 N–H and O–H groups in total. The van der Waals surface area contributed by atoms with Gasteiger partial charge < -0.3 is 4.57 Å². The molecular formula is C12H8Br2N2. The van der Waals surface area contributed by atoms with Crippen molar-refractivity contribution in [1.82, 2.24) is 4.57 Å². The zero-order valence-corrected chi connectivity index (χ0v) is 11.7. The third-order valence-corrected chi connectivity index (χ3v) is 3.33. The summed E-state index contributed by atoms with van der Waals surface area (Å²) in [6, 6.07) is 10.0. The third kappa shape index (κ3) is 2.06. The number of nitrogens with zero attached hydrogens (tertiary/aromatic N) is 2. The van der Waals surface area contributed by atoms with Crippen LogP contribution < -0.4 is 0 Å². The van der Waals surface area contributed by atoms with Gasteiger partial charge in [0.05, 0.1) is 5.69 Å². The van der Waals surface area contributed by atoms with Crippen LogP contribution in [-0.4, -0.2) is 4.57 Å². The number of nitriles is 1. The van der Waals surface area contributed by atoms with Gasteiger partial charge in [0, 0.05) is 15.1 Å². The van der Waals surface area contributed by atoms with Crippen molar-refractivity contribution in [2.75, 3.05) is 0 Å². The number of hydrogen-bond acceptors (Lipinski definition) is 1. The molecule has 2 aromatic rings. The largest absolute Gasteiger partial charge is 0.306 e. The van der Waals surface area contributed by atoms with E-state index < -0.39 is 0 Å². The molecule has 80 valence electrons. The van der Waals surface area contributed by atoms with Gasteiger partial charge in [-0.15, -0.1) is 0 Å². The summed E-state index contributed by atoms with van der Waals surface area (Å²) in [6.07, 6.45) is 1.88. The Labute approximate surface area is 111 Å². The molecule has 0 saturated carbocycles. The van der Waals surface area contributed by atoms with E-state index in [2.05, 4.69) is 37.9 Å². The zero-order valence-electron chi connectivity index (χ0n) is 8.54. The highest BCUT2D eigenvalue weighted by atomic mass is 79.9. The summed E-state index contributed by atoms with van der Waals surface area (Å²) in [4.78, 5) is 0. The molecule has 0 aliphatic carbocycles. The fourth-order valence-corrected chi connectivity index (χ4v) is 2.63. The van der Waals surface area contributed by atoms with Gasteiger partial charge in [-0.05, 0) is 62.5 Å². The van der Waals surface area contributed by atoms with Crippen molar-refractivity contribution in [2.45, 2.75) is 6.92 Å². The molecule has 16 heavy (non-hydrogen) atoms. The Hall–Kier alpha value is -1.05. The van der Waals surface area contributed by atoms with Crippen molar-refractivity contribution >= 4 is 31.9 Å². The third-order valence-electron chi connectivity index (χ3n) is 2.26. The number of rotatable bonds is 1. The van der Waals surface area contributed by atoms with Gasteiger partial charge in [-0.1, -0.05) is 6.07 Å². The summed E-state index contributed by atoms with van der Waals surface area (Å²) >= 11 is 6.88. The maximum atomic E-state index is 9.03. The number of aromatic nitrogens is 1. The van der Waals surface area contributed by atoms with Gasteiger partial charge in [0.25, 0.3) is 0 Å². The van der Waals surface area contributed by atoms with E-state index in [0.29, 0.717) is 5.69 Å². The van der Waals surface area contributed by atoms with Crippen LogP contribution in [0.2, 0.25) is 0 Å². The smallest absolute Gasteiger partial charge is 0.125 e. The lowest BCUT2D eigenvalue weighted by atomic mass is 10.2. The molecule has 0 amide bonds. The Kier molecular flexibility index (Phi) is 3.17. The molecule has 1 heterocycles. The monoisotopic (exact) mass is 338 g/mol. The van der Waals surface area contributed by atoms with Crippen molar-refractivity contribution in [3.63, 3.8) is 0 Å². The molecule has 0 aliphatic heterocycles. The predicted molar refractivity (Wildman–Crippen MR) is 70.6 cm³/mol. The van der Waals surface area contributed by atoms with Crippen molar-refractivity contribution < 1.29 is 0 Å². The molecule has 2 rings (SSSR count). The van der Waals surface area contributed by atoms with Crippen LogP contribution in [-0.2, 0) is 0 Å². The van der Waals surface area contributed by atoms with Crippen molar-refractivity contribution in [3.8, 4) is 11.8 Å². The molecule has 0 fully saturated rings. The van der Waals surface area contributed by atoms with Crippen molar-refractivity contribution in [2.24, 2.45) is 0 Å². The van der Waals surface area contributed by atoms with Crippen LogP contribution in [0.1, 0.15) is 11.3 Å². The Balaban J connectivity index is 2.63. The molecule has 0 bridgehead atoms. The van der Waals surface area contributed by atoms with Gasteiger partial charge >= 0.3 is 0 Å². The van der Waals surface area contributed by atoms with E-state index in [0.717, 1.165) is 14.6 Å². The van der Waals surface area contributed by atoms with E-state index in [1.54, 1.807) is 6.07 Å². The van der Waals surface area contributed by atoms with Crippen LogP contribution in [0.3, 0.4) is 0 Å². The Morgan fingerprint density at radius 2 is 2.00 bits per heavy atom. The van der Waals surface area contributed by atoms with Crippen molar-refractivity contribution in [1.29, 1.82) is 5.26 Å². The average molecular weight is 340 g/mol. The van der Waals surface area contributed by atoms with E-state index in [9.17, 15) is 0 Å². The molecule has 1 aromatic carbocycles. The van der Waals surface area contributed by atoms with Gasteiger partial charge in [0.1, 0.15) is 11.8 Å². The lowest BCUT2D eigenvalue weighted by Crippen LogP contribution is -1.96. The number of halogens is 2. The van der Waals surface area contributed by atoms with Gasteiger partial charge in [-0.2, -0.15) is 5.26 Å². The SMILES string of the molecule is Cc1ccc(-n2cc(Br)cc2C#N)c(Br)c1. The normalized spacial score (nSPS) is 10.1. The molecule has 0 atom stereocenters. The number of aryl methyl sites for hydroxylation is 1. The Morgan fingerprint density at radius 1 is 1.25 bits per heavy atom. The second kappa shape index (κ2) is 4.44. The highest BCUT2D eigenvalue weighted by Gasteiger charge is 2.08. The minimum atomic E-state index is 0.608. The molecule has 4 heteroatoms. The summed E-state index contributed by atoms with van der Waals surface area (Å²) in [6.45, 7) is 2.03. The first-order chi connectivity index (χ1) is 7.61. The maximum Gasteiger partial charge on any atom is 0.125 e. The quantitative estimate of drug-likeness (QED) is 0.766. The van der Waals surface area contributed by atoms with E-state index in [4.69, 9.17) is 5.26 Å². The fourth-order valence-electron chi connectivity index (χ4n) is 1.52. The topological polar surface area (TPSA) is 28.7 Å². The van der Waals surface area contributed by atoms with Crippen LogP contribution in [0.25, 0.3) is 5.69 Å². The second-order valence-electron chi connectivity index (χ2n) is 3.48. The summed E-state index contributed by atoms with van der Waals surface area (Å²) < 4.78 is 3.73. The number of benzene rings is 1. The molecule has 0 saturated heterocycles. The van der Waals surface area contributed by atoms with E-state index in [-0.39, 0.29) is 0 Å². The minimum absolute atomic E-state index is 0.608. The summed E-state index contributed by atoms with van der Waals surface area (Å²) in [5.41, 5.74) is 2.75. The van der Waals surface area contributed by atoms with Crippen LogP contribution in [0, 0.1) is 18.3 Å².